The topological polar surface area (TPSA) is 52.6 Å². The summed E-state index contributed by atoms with van der Waals surface area (Å²) < 4.78 is 11.0. The molecular formula is C27H36O4. The molecular weight excluding hydrogens is 388 g/mol. The van der Waals surface area contributed by atoms with E-state index in [-0.39, 0.29) is 17.2 Å². The molecule has 0 bridgehead atoms. The van der Waals surface area contributed by atoms with Crippen LogP contribution in [0.5, 0.6) is 11.5 Å². The number of methoxy groups -OCH3 is 1. The van der Waals surface area contributed by atoms with Crippen LogP contribution in [-0.4, -0.2) is 18.9 Å². The second-order valence-electron chi connectivity index (χ2n) is 8.88. The Balaban J connectivity index is 1.98. The van der Waals surface area contributed by atoms with Crippen LogP contribution in [0.2, 0.25) is 0 Å². The molecule has 0 aromatic heterocycles. The first-order valence-electron chi connectivity index (χ1n) is 11.1. The Bertz CT molecular complexity index is 911. The lowest BCUT2D eigenvalue weighted by Gasteiger charge is -2.27. The number of benzene rings is 2. The molecule has 0 aliphatic carbocycles. The number of ether oxygens (including phenoxy) is 2. The first kappa shape index (κ1) is 24.6. The van der Waals surface area contributed by atoms with E-state index in [1.165, 1.54) is 11.1 Å². The fourth-order valence-electron chi connectivity index (χ4n) is 3.76. The number of Topliss-reactive ketones (excluding diaryl/α,β-unsaturated/α-hetero) is 1. The van der Waals surface area contributed by atoms with Crippen molar-refractivity contribution < 1.29 is 19.1 Å². The minimum Gasteiger partial charge on any atom is -0.496 e. The molecule has 0 fully saturated rings. The smallest absolute Gasteiger partial charge is 0.311 e. The summed E-state index contributed by atoms with van der Waals surface area (Å²) in [7, 11) is 1.69. The monoisotopic (exact) mass is 424 g/mol. The maximum Gasteiger partial charge on any atom is 0.311 e. The Morgan fingerprint density at radius 2 is 1.32 bits per heavy atom. The van der Waals surface area contributed by atoms with Gasteiger partial charge in [0.1, 0.15) is 17.3 Å². The van der Waals surface area contributed by atoms with Gasteiger partial charge in [0.15, 0.2) is 0 Å². The molecule has 31 heavy (non-hydrogen) atoms. The molecule has 0 aliphatic rings. The molecule has 0 spiro atoms. The first-order valence-corrected chi connectivity index (χ1v) is 11.1. The van der Waals surface area contributed by atoms with Gasteiger partial charge in [-0.1, -0.05) is 51.0 Å². The summed E-state index contributed by atoms with van der Waals surface area (Å²) in [4.78, 5) is 23.2. The molecule has 0 aliphatic heterocycles. The van der Waals surface area contributed by atoms with Crippen molar-refractivity contribution in [3.63, 3.8) is 0 Å². The number of ketones is 1. The molecule has 0 radical (unpaired) electrons. The van der Waals surface area contributed by atoms with Crippen LogP contribution < -0.4 is 9.47 Å². The van der Waals surface area contributed by atoms with E-state index >= 15 is 0 Å². The maximum absolute atomic E-state index is 12.2. The predicted octanol–water partition coefficient (Wildman–Crippen LogP) is 6.47. The predicted molar refractivity (Wildman–Crippen MR) is 125 cm³/mol. The van der Waals surface area contributed by atoms with Crippen LogP contribution in [0.15, 0.2) is 36.4 Å². The third-order valence-corrected chi connectivity index (χ3v) is 5.90. The number of rotatable bonds is 11. The Morgan fingerprint density at radius 3 is 1.81 bits per heavy atom. The van der Waals surface area contributed by atoms with Crippen LogP contribution in [0.4, 0.5) is 0 Å². The van der Waals surface area contributed by atoms with E-state index < -0.39 is 0 Å². The molecule has 0 N–H and O–H groups in total. The van der Waals surface area contributed by atoms with Crippen molar-refractivity contribution in [3.8, 4) is 11.5 Å². The molecule has 168 valence electrons. The largest absolute Gasteiger partial charge is 0.496 e. The Kier molecular flexibility index (Phi) is 8.85. The lowest BCUT2D eigenvalue weighted by molar-refractivity contribution is -0.134. The summed E-state index contributed by atoms with van der Waals surface area (Å²) >= 11 is 0. The lowest BCUT2D eigenvalue weighted by atomic mass is 9.77. The van der Waals surface area contributed by atoms with Crippen LogP contribution in [-0.2, 0) is 15.0 Å². The third-order valence-electron chi connectivity index (χ3n) is 5.90. The van der Waals surface area contributed by atoms with E-state index in [9.17, 15) is 9.59 Å². The molecule has 0 saturated heterocycles. The molecule has 2 aromatic rings. The SMILES string of the molecule is COc1ccc(C(C)(C)c2ccc(OC(=O)CCCCCCC(C)=O)c(C)c2)cc1C. The second kappa shape index (κ2) is 11.1. The van der Waals surface area contributed by atoms with Crippen molar-refractivity contribution in [2.24, 2.45) is 0 Å². The fraction of sp³-hybridized carbons (Fsp3) is 0.481. The number of hydrogen-bond acceptors (Lipinski definition) is 4. The Hall–Kier alpha value is -2.62. The normalized spacial score (nSPS) is 11.3. The van der Waals surface area contributed by atoms with E-state index in [0.29, 0.717) is 18.6 Å². The van der Waals surface area contributed by atoms with Crippen LogP contribution in [0.25, 0.3) is 0 Å². The molecule has 0 unspecified atom stereocenters. The highest BCUT2D eigenvalue weighted by atomic mass is 16.5. The van der Waals surface area contributed by atoms with Crippen molar-refractivity contribution in [2.45, 2.75) is 78.6 Å². The molecule has 0 amide bonds. The highest BCUT2D eigenvalue weighted by molar-refractivity contribution is 5.75. The highest BCUT2D eigenvalue weighted by Gasteiger charge is 2.24. The van der Waals surface area contributed by atoms with Gasteiger partial charge in [0, 0.05) is 18.3 Å². The average molecular weight is 425 g/mol. The van der Waals surface area contributed by atoms with Gasteiger partial charge < -0.3 is 14.3 Å². The summed E-state index contributed by atoms with van der Waals surface area (Å²) in [6.07, 6.45) is 4.63. The molecule has 2 aromatic carbocycles. The zero-order chi connectivity index (χ0) is 23.0. The highest BCUT2D eigenvalue weighted by Crippen LogP contribution is 2.35. The number of hydrogen-bond donors (Lipinski definition) is 0. The van der Waals surface area contributed by atoms with Gasteiger partial charge >= 0.3 is 5.97 Å². The van der Waals surface area contributed by atoms with Crippen molar-refractivity contribution in [3.05, 3.63) is 58.7 Å². The van der Waals surface area contributed by atoms with Gasteiger partial charge in [0.25, 0.3) is 0 Å². The van der Waals surface area contributed by atoms with E-state index in [4.69, 9.17) is 9.47 Å². The van der Waals surface area contributed by atoms with Gasteiger partial charge in [-0.05, 0) is 68.0 Å². The van der Waals surface area contributed by atoms with Gasteiger partial charge in [-0.25, -0.2) is 0 Å². The minimum absolute atomic E-state index is 0.190. The van der Waals surface area contributed by atoms with Gasteiger partial charge in [-0.15, -0.1) is 0 Å². The lowest BCUT2D eigenvalue weighted by Crippen LogP contribution is -2.19. The van der Waals surface area contributed by atoms with E-state index in [0.717, 1.165) is 42.6 Å². The molecule has 2 rings (SSSR count). The first-order chi connectivity index (χ1) is 14.6. The zero-order valence-electron chi connectivity index (χ0n) is 19.8. The summed E-state index contributed by atoms with van der Waals surface area (Å²) in [5.74, 6) is 1.53. The third kappa shape index (κ3) is 6.95. The fourth-order valence-corrected chi connectivity index (χ4v) is 3.76. The number of unbranched alkanes of at least 4 members (excludes halogenated alkanes) is 3. The second-order valence-corrected chi connectivity index (χ2v) is 8.88. The maximum atomic E-state index is 12.2. The number of aryl methyl sites for hydroxylation is 2. The van der Waals surface area contributed by atoms with Crippen molar-refractivity contribution >= 4 is 11.8 Å². The van der Waals surface area contributed by atoms with Gasteiger partial charge in [0.2, 0.25) is 0 Å². The molecule has 0 heterocycles. The summed E-state index contributed by atoms with van der Waals surface area (Å²) in [5.41, 5.74) is 4.24. The Morgan fingerprint density at radius 1 is 0.806 bits per heavy atom. The number of carbonyl (C=O) groups excluding carboxylic acids is 2. The molecule has 0 saturated carbocycles. The van der Waals surface area contributed by atoms with Crippen molar-refractivity contribution in [2.75, 3.05) is 7.11 Å². The van der Waals surface area contributed by atoms with Crippen LogP contribution in [0.3, 0.4) is 0 Å². The van der Waals surface area contributed by atoms with Gasteiger partial charge in [-0.3, -0.25) is 4.79 Å². The number of esters is 1. The zero-order valence-corrected chi connectivity index (χ0v) is 19.8. The minimum atomic E-state index is -0.201. The number of carbonyl (C=O) groups is 2. The summed E-state index contributed by atoms with van der Waals surface area (Å²) in [5, 5.41) is 0. The van der Waals surface area contributed by atoms with E-state index in [2.05, 4.69) is 39.0 Å². The van der Waals surface area contributed by atoms with Gasteiger partial charge in [0.05, 0.1) is 7.11 Å². The van der Waals surface area contributed by atoms with Gasteiger partial charge in [-0.2, -0.15) is 0 Å². The van der Waals surface area contributed by atoms with Crippen LogP contribution >= 0.6 is 0 Å². The quantitative estimate of drug-likeness (QED) is 0.235. The van der Waals surface area contributed by atoms with Crippen molar-refractivity contribution in [1.82, 2.24) is 0 Å². The molecule has 4 nitrogen and oxygen atoms in total. The van der Waals surface area contributed by atoms with E-state index in [1.807, 2.05) is 25.1 Å². The van der Waals surface area contributed by atoms with Crippen LogP contribution in [0.1, 0.15) is 81.5 Å². The average Bonchev–Trinajstić information content (AvgIpc) is 2.71. The van der Waals surface area contributed by atoms with E-state index in [1.54, 1.807) is 14.0 Å². The summed E-state index contributed by atoms with van der Waals surface area (Å²) in [6, 6.07) is 12.3. The summed E-state index contributed by atoms with van der Waals surface area (Å²) in [6.45, 7) is 10.0. The molecule has 4 heteroatoms. The standard InChI is InChI=1S/C27H36O4/c1-19-17-22(13-15-24(19)30-6)27(4,5)23-14-16-25(20(2)18-23)31-26(29)12-10-8-7-9-11-21(3)28/h13-18H,7-12H2,1-6H3. The van der Waals surface area contributed by atoms with Crippen LogP contribution in [0, 0.1) is 13.8 Å². The Labute approximate surface area is 187 Å². The van der Waals surface area contributed by atoms with Crippen molar-refractivity contribution in [1.29, 1.82) is 0 Å². The molecule has 0 atom stereocenters.